The molecule has 92 valence electrons. The Labute approximate surface area is 119 Å². The van der Waals surface area contributed by atoms with Crippen molar-refractivity contribution in [2.45, 2.75) is 13.0 Å². The van der Waals surface area contributed by atoms with Crippen LogP contribution >= 0.6 is 22.6 Å². The minimum Gasteiger partial charge on any atom is -0.398 e. The molecule has 0 fully saturated rings. The van der Waals surface area contributed by atoms with E-state index in [4.69, 9.17) is 5.73 Å². The molecule has 0 radical (unpaired) electrons. The van der Waals surface area contributed by atoms with Crippen molar-refractivity contribution in [3.05, 3.63) is 45.4 Å². The van der Waals surface area contributed by atoms with Crippen LogP contribution in [0.1, 0.15) is 11.1 Å². The first-order valence-electron chi connectivity index (χ1n) is 5.82. The summed E-state index contributed by atoms with van der Waals surface area (Å²) < 4.78 is 1.08. The predicted octanol–water partition coefficient (Wildman–Crippen LogP) is 2.23. The average Bonchev–Trinajstić information content (AvgIpc) is 2.40. The summed E-state index contributed by atoms with van der Waals surface area (Å²) in [6.07, 6.45) is 4.45. The zero-order valence-corrected chi connectivity index (χ0v) is 12.0. The van der Waals surface area contributed by atoms with Crippen LogP contribution in [-0.2, 0) is 13.0 Å². The number of hydrogen-bond donors (Lipinski definition) is 1. The minimum atomic E-state index is 0.828. The van der Waals surface area contributed by atoms with Gasteiger partial charge in [-0.3, -0.25) is 0 Å². The van der Waals surface area contributed by atoms with Crippen molar-refractivity contribution in [1.82, 2.24) is 9.97 Å². The smallest absolute Gasteiger partial charge is 0.145 e. The van der Waals surface area contributed by atoms with Crippen LogP contribution in [0.5, 0.6) is 0 Å². The molecular weight excluding hydrogens is 339 g/mol. The van der Waals surface area contributed by atoms with Gasteiger partial charge in [0.05, 0.1) is 3.57 Å². The maximum Gasteiger partial charge on any atom is 0.145 e. The van der Waals surface area contributed by atoms with E-state index in [1.807, 2.05) is 18.3 Å². The highest BCUT2D eigenvalue weighted by molar-refractivity contribution is 14.1. The standard InChI is InChI=1S/C13H13IN4/c14-11-6-16-8-17-13(11)18-5-4-9-2-1-3-12(15)10(9)7-18/h1-3,6,8H,4-5,7,15H2. The summed E-state index contributed by atoms with van der Waals surface area (Å²) in [5, 5.41) is 0. The van der Waals surface area contributed by atoms with E-state index >= 15 is 0 Å². The van der Waals surface area contributed by atoms with E-state index in [0.717, 1.165) is 34.6 Å². The van der Waals surface area contributed by atoms with Crippen LogP contribution in [-0.4, -0.2) is 16.5 Å². The number of aromatic nitrogens is 2. The van der Waals surface area contributed by atoms with E-state index in [1.54, 1.807) is 6.33 Å². The minimum absolute atomic E-state index is 0.828. The number of rotatable bonds is 1. The van der Waals surface area contributed by atoms with Crippen molar-refractivity contribution in [3.63, 3.8) is 0 Å². The summed E-state index contributed by atoms with van der Waals surface area (Å²) in [5.74, 6) is 1.000. The highest BCUT2D eigenvalue weighted by Crippen LogP contribution is 2.28. The van der Waals surface area contributed by atoms with E-state index in [-0.39, 0.29) is 0 Å². The second-order valence-electron chi connectivity index (χ2n) is 4.35. The molecule has 4 nitrogen and oxygen atoms in total. The quantitative estimate of drug-likeness (QED) is 0.632. The molecule has 5 heteroatoms. The van der Waals surface area contributed by atoms with Gasteiger partial charge in [-0.2, -0.15) is 0 Å². The Morgan fingerprint density at radius 3 is 3.06 bits per heavy atom. The Balaban J connectivity index is 1.96. The summed E-state index contributed by atoms with van der Waals surface area (Å²) >= 11 is 2.27. The molecule has 0 amide bonds. The van der Waals surface area contributed by atoms with E-state index in [0.29, 0.717) is 0 Å². The van der Waals surface area contributed by atoms with Crippen LogP contribution < -0.4 is 10.6 Å². The second kappa shape index (κ2) is 4.72. The lowest BCUT2D eigenvalue weighted by Gasteiger charge is -2.31. The van der Waals surface area contributed by atoms with E-state index in [1.165, 1.54) is 11.1 Å². The van der Waals surface area contributed by atoms with Crippen molar-refractivity contribution in [1.29, 1.82) is 0 Å². The Morgan fingerprint density at radius 1 is 1.33 bits per heavy atom. The maximum atomic E-state index is 6.06. The molecule has 0 saturated carbocycles. The Morgan fingerprint density at radius 2 is 2.22 bits per heavy atom. The monoisotopic (exact) mass is 352 g/mol. The van der Waals surface area contributed by atoms with Crippen LogP contribution in [0.4, 0.5) is 11.5 Å². The molecular formula is C13H13IN4. The van der Waals surface area contributed by atoms with Gasteiger partial charge >= 0.3 is 0 Å². The fourth-order valence-corrected chi connectivity index (χ4v) is 2.97. The molecule has 1 aromatic carbocycles. The third kappa shape index (κ3) is 2.03. The molecule has 1 aromatic heterocycles. The molecule has 0 aliphatic carbocycles. The number of nitrogen functional groups attached to an aromatic ring is 1. The summed E-state index contributed by atoms with van der Waals surface area (Å²) in [6, 6.07) is 6.15. The molecule has 3 rings (SSSR count). The number of nitrogens with zero attached hydrogens (tertiary/aromatic N) is 3. The molecule has 2 heterocycles. The molecule has 0 spiro atoms. The highest BCUT2D eigenvalue weighted by Gasteiger charge is 2.20. The van der Waals surface area contributed by atoms with Crippen LogP contribution in [0.2, 0.25) is 0 Å². The first-order valence-corrected chi connectivity index (χ1v) is 6.90. The number of anilines is 2. The lowest BCUT2D eigenvalue weighted by atomic mass is 9.98. The number of hydrogen-bond acceptors (Lipinski definition) is 4. The third-order valence-electron chi connectivity index (χ3n) is 3.26. The van der Waals surface area contributed by atoms with Crippen LogP contribution in [0, 0.1) is 3.57 Å². The Bertz CT molecular complexity index is 585. The van der Waals surface area contributed by atoms with Crippen LogP contribution in [0.25, 0.3) is 0 Å². The van der Waals surface area contributed by atoms with E-state index in [2.05, 4.69) is 43.5 Å². The third-order valence-corrected chi connectivity index (χ3v) is 4.02. The first-order chi connectivity index (χ1) is 8.75. The van der Waals surface area contributed by atoms with Crippen molar-refractivity contribution < 1.29 is 0 Å². The maximum absolute atomic E-state index is 6.06. The largest absolute Gasteiger partial charge is 0.398 e. The number of halogens is 1. The Hall–Kier alpha value is -1.37. The van der Waals surface area contributed by atoms with Gasteiger partial charge in [0.1, 0.15) is 12.1 Å². The fourth-order valence-electron chi connectivity index (χ4n) is 2.33. The van der Waals surface area contributed by atoms with Gasteiger partial charge in [0.25, 0.3) is 0 Å². The first kappa shape index (κ1) is 11.7. The molecule has 2 aromatic rings. The van der Waals surface area contributed by atoms with Gasteiger partial charge in [0, 0.05) is 25.0 Å². The van der Waals surface area contributed by atoms with Crippen molar-refractivity contribution >= 4 is 34.1 Å². The van der Waals surface area contributed by atoms with Gasteiger partial charge in [0.15, 0.2) is 0 Å². The Kier molecular flexibility index (Phi) is 3.07. The van der Waals surface area contributed by atoms with Gasteiger partial charge < -0.3 is 10.6 Å². The summed E-state index contributed by atoms with van der Waals surface area (Å²) in [7, 11) is 0. The normalized spacial score (nSPS) is 14.4. The average molecular weight is 352 g/mol. The zero-order chi connectivity index (χ0) is 12.5. The van der Waals surface area contributed by atoms with Gasteiger partial charge in [-0.05, 0) is 46.2 Å². The molecule has 0 atom stereocenters. The van der Waals surface area contributed by atoms with Gasteiger partial charge in [0.2, 0.25) is 0 Å². The van der Waals surface area contributed by atoms with Crippen molar-refractivity contribution in [3.8, 4) is 0 Å². The second-order valence-corrected chi connectivity index (χ2v) is 5.51. The molecule has 18 heavy (non-hydrogen) atoms. The molecule has 1 aliphatic rings. The van der Waals surface area contributed by atoms with Gasteiger partial charge in [-0.25, -0.2) is 9.97 Å². The summed E-state index contributed by atoms with van der Waals surface area (Å²) in [6.45, 7) is 1.80. The highest BCUT2D eigenvalue weighted by atomic mass is 127. The summed E-state index contributed by atoms with van der Waals surface area (Å²) in [4.78, 5) is 10.7. The molecule has 0 saturated heterocycles. The number of benzene rings is 1. The van der Waals surface area contributed by atoms with Crippen LogP contribution in [0.3, 0.4) is 0 Å². The van der Waals surface area contributed by atoms with Crippen LogP contribution in [0.15, 0.2) is 30.7 Å². The predicted molar refractivity (Wildman–Crippen MR) is 80.4 cm³/mol. The fraction of sp³-hybridized carbons (Fsp3) is 0.231. The van der Waals surface area contributed by atoms with Crippen molar-refractivity contribution in [2.24, 2.45) is 0 Å². The van der Waals surface area contributed by atoms with E-state index < -0.39 is 0 Å². The molecule has 1 aliphatic heterocycles. The van der Waals surface area contributed by atoms with Gasteiger partial charge in [-0.15, -0.1) is 0 Å². The lowest BCUT2D eigenvalue weighted by Crippen LogP contribution is -2.32. The number of fused-ring (bicyclic) bond motifs is 1. The zero-order valence-electron chi connectivity index (χ0n) is 9.81. The molecule has 0 unspecified atom stereocenters. The lowest BCUT2D eigenvalue weighted by molar-refractivity contribution is 0.718. The SMILES string of the molecule is Nc1cccc2c1CN(c1ncncc1I)CC2. The van der Waals surface area contributed by atoms with Gasteiger partial charge in [-0.1, -0.05) is 12.1 Å². The number of nitrogens with two attached hydrogens (primary N) is 1. The molecule has 0 bridgehead atoms. The van der Waals surface area contributed by atoms with E-state index in [9.17, 15) is 0 Å². The molecule has 2 N–H and O–H groups in total. The summed E-state index contributed by atoms with van der Waals surface area (Å²) in [5.41, 5.74) is 9.53. The topological polar surface area (TPSA) is 55.0 Å². The van der Waals surface area contributed by atoms with Crippen molar-refractivity contribution in [2.75, 3.05) is 17.2 Å².